The topological polar surface area (TPSA) is 106 Å². The van der Waals surface area contributed by atoms with Crippen molar-refractivity contribution in [2.45, 2.75) is 51.7 Å². The Hall–Kier alpha value is -2.64. The van der Waals surface area contributed by atoms with Gasteiger partial charge in [0.1, 0.15) is 0 Å². The van der Waals surface area contributed by atoms with Gasteiger partial charge < -0.3 is 20.3 Å². The monoisotopic (exact) mass is 431 g/mol. The van der Waals surface area contributed by atoms with Gasteiger partial charge in [0.15, 0.2) is 0 Å². The number of aromatic nitrogens is 1. The summed E-state index contributed by atoms with van der Waals surface area (Å²) in [5.41, 5.74) is 7.33. The fraction of sp³-hybridized carbons (Fsp3) is 0.409. The smallest absolute Gasteiger partial charge is 0.301 e. The summed E-state index contributed by atoms with van der Waals surface area (Å²) in [6.45, 7) is 3.31. The first-order chi connectivity index (χ1) is 14.1. The lowest BCUT2D eigenvalue weighted by Crippen LogP contribution is -2.46. The highest BCUT2D eigenvalue weighted by Gasteiger charge is 2.36. The maximum absolute atomic E-state index is 13.5. The first kappa shape index (κ1) is 22.1. The van der Waals surface area contributed by atoms with E-state index in [0.29, 0.717) is 47.7 Å². The van der Waals surface area contributed by atoms with Gasteiger partial charge in [-0.2, -0.15) is 0 Å². The number of benzene rings is 1. The molecule has 3 rings (SSSR count). The second-order valence-corrected chi connectivity index (χ2v) is 8.24. The van der Waals surface area contributed by atoms with Crippen molar-refractivity contribution < 1.29 is 19.5 Å². The van der Waals surface area contributed by atoms with E-state index in [1.165, 1.54) is 9.47 Å². The fourth-order valence-corrected chi connectivity index (χ4v) is 4.49. The number of carbonyl (C=O) groups is 3. The molecular formula is C22H26ClN3O4. The molecule has 2 amide bonds. The molecular weight excluding hydrogens is 406 g/mol. The maximum Gasteiger partial charge on any atom is 0.301 e. The Morgan fingerprint density at radius 1 is 1.17 bits per heavy atom. The number of nitrogens with zero attached hydrogens (tertiary/aromatic N) is 2. The zero-order valence-corrected chi connectivity index (χ0v) is 18.1. The standard InChI is InChI=1S/C22H26ClN3O4/c1-12-18(21(24)29)13(2)25(3)19(12)20(28)22(30)26(15-7-9-17(27)10-8-15)16-6-4-5-14(23)11-16/h4-6,11,15,17,27H,7-10H2,1-3H3,(H2,24,29). The molecule has 0 spiro atoms. The van der Waals surface area contributed by atoms with E-state index in [9.17, 15) is 19.5 Å². The molecule has 0 radical (unpaired) electrons. The number of halogens is 1. The van der Waals surface area contributed by atoms with Crippen LogP contribution in [0.3, 0.4) is 0 Å². The minimum atomic E-state index is -0.711. The zero-order chi connectivity index (χ0) is 22.2. The minimum absolute atomic E-state index is 0.147. The third kappa shape index (κ3) is 4.00. The lowest BCUT2D eigenvalue weighted by Gasteiger charge is -2.35. The van der Waals surface area contributed by atoms with E-state index in [2.05, 4.69) is 0 Å². The molecule has 8 heteroatoms. The molecule has 1 heterocycles. The van der Waals surface area contributed by atoms with Crippen LogP contribution in [0.2, 0.25) is 5.02 Å². The Morgan fingerprint density at radius 2 is 1.80 bits per heavy atom. The largest absolute Gasteiger partial charge is 0.393 e. The van der Waals surface area contributed by atoms with Gasteiger partial charge in [-0.25, -0.2) is 0 Å². The molecule has 0 unspecified atom stereocenters. The van der Waals surface area contributed by atoms with Gasteiger partial charge in [0.25, 0.3) is 11.7 Å². The minimum Gasteiger partial charge on any atom is -0.393 e. The summed E-state index contributed by atoms with van der Waals surface area (Å²) < 4.78 is 1.54. The Morgan fingerprint density at radius 3 is 2.33 bits per heavy atom. The van der Waals surface area contributed by atoms with Crippen LogP contribution in [-0.2, 0) is 11.8 Å². The van der Waals surface area contributed by atoms with Crippen LogP contribution in [0.4, 0.5) is 5.69 Å². The summed E-state index contributed by atoms with van der Waals surface area (Å²) >= 11 is 6.14. The summed E-state index contributed by atoms with van der Waals surface area (Å²) in [7, 11) is 1.63. The summed E-state index contributed by atoms with van der Waals surface area (Å²) in [5, 5.41) is 10.3. The molecule has 1 aromatic heterocycles. The van der Waals surface area contributed by atoms with Gasteiger partial charge in [-0.15, -0.1) is 0 Å². The van der Waals surface area contributed by atoms with Crippen molar-refractivity contribution in [2.75, 3.05) is 4.90 Å². The number of rotatable bonds is 5. The van der Waals surface area contributed by atoms with Crippen LogP contribution >= 0.6 is 11.6 Å². The highest BCUT2D eigenvalue weighted by Crippen LogP contribution is 2.31. The molecule has 30 heavy (non-hydrogen) atoms. The summed E-state index contributed by atoms with van der Waals surface area (Å²) in [6, 6.07) is 6.57. The van der Waals surface area contributed by atoms with Crippen LogP contribution in [-0.4, -0.2) is 39.4 Å². The molecule has 7 nitrogen and oxygen atoms in total. The van der Waals surface area contributed by atoms with Crippen LogP contribution in [0.5, 0.6) is 0 Å². The molecule has 3 N–H and O–H groups in total. The molecule has 1 aromatic carbocycles. The molecule has 1 saturated carbocycles. The predicted molar refractivity (Wildman–Crippen MR) is 115 cm³/mol. The fourth-order valence-electron chi connectivity index (χ4n) is 4.31. The van der Waals surface area contributed by atoms with Crippen LogP contribution in [0.15, 0.2) is 24.3 Å². The average molecular weight is 432 g/mol. The van der Waals surface area contributed by atoms with Gasteiger partial charge in [0.05, 0.1) is 17.4 Å². The van der Waals surface area contributed by atoms with Crippen LogP contribution < -0.4 is 10.6 Å². The third-order valence-electron chi connectivity index (χ3n) is 5.92. The molecule has 1 aliphatic carbocycles. The number of primary amides is 1. The summed E-state index contributed by atoms with van der Waals surface area (Å²) in [5.74, 6) is -2.05. The summed E-state index contributed by atoms with van der Waals surface area (Å²) in [6.07, 6.45) is 1.85. The summed E-state index contributed by atoms with van der Waals surface area (Å²) in [4.78, 5) is 40.1. The van der Waals surface area contributed by atoms with E-state index in [-0.39, 0.29) is 17.3 Å². The van der Waals surface area contributed by atoms with Crippen molar-refractivity contribution in [1.29, 1.82) is 0 Å². The third-order valence-corrected chi connectivity index (χ3v) is 6.16. The highest BCUT2D eigenvalue weighted by atomic mass is 35.5. The first-order valence-electron chi connectivity index (χ1n) is 9.90. The molecule has 0 aliphatic heterocycles. The number of Topliss-reactive ketones (excluding diaryl/α,β-unsaturated/α-hetero) is 1. The average Bonchev–Trinajstić information content (AvgIpc) is 2.91. The first-order valence-corrected chi connectivity index (χ1v) is 10.3. The Labute approximate surface area is 180 Å². The molecule has 1 aliphatic rings. The Bertz CT molecular complexity index is 1010. The quantitative estimate of drug-likeness (QED) is 0.560. The predicted octanol–water partition coefficient (Wildman–Crippen LogP) is 2.91. The molecule has 0 bridgehead atoms. The second-order valence-electron chi connectivity index (χ2n) is 7.80. The lowest BCUT2D eigenvalue weighted by molar-refractivity contribution is -0.115. The Kier molecular flexibility index (Phi) is 6.33. The van der Waals surface area contributed by atoms with E-state index < -0.39 is 23.7 Å². The van der Waals surface area contributed by atoms with Crippen molar-refractivity contribution in [3.8, 4) is 0 Å². The van der Waals surface area contributed by atoms with E-state index in [1.54, 1.807) is 45.2 Å². The number of anilines is 1. The van der Waals surface area contributed by atoms with Crippen molar-refractivity contribution in [3.05, 3.63) is 51.8 Å². The molecule has 2 aromatic rings. The van der Waals surface area contributed by atoms with E-state index in [1.807, 2.05) is 0 Å². The zero-order valence-electron chi connectivity index (χ0n) is 17.3. The van der Waals surface area contributed by atoms with Crippen molar-refractivity contribution in [3.63, 3.8) is 0 Å². The van der Waals surface area contributed by atoms with E-state index >= 15 is 0 Å². The van der Waals surface area contributed by atoms with Crippen molar-refractivity contribution >= 4 is 34.9 Å². The van der Waals surface area contributed by atoms with Gasteiger partial charge in [-0.05, 0) is 63.3 Å². The van der Waals surface area contributed by atoms with Gasteiger partial charge >= 0.3 is 5.91 Å². The van der Waals surface area contributed by atoms with E-state index in [0.717, 1.165) is 0 Å². The van der Waals surface area contributed by atoms with Crippen molar-refractivity contribution in [2.24, 2.45) is 12.8 Å². The SMILES string of the molecule is Cc1c(C(N)=O)c(C)n(C)c1C(=O)C(=O)N(c1cccc(Cl)c1)C1CCC(O)CC1. The highest BCUT2D eigenvalue weighted by molar-refractivity contribution is 6.47. The van der Waals surface area contributed by atoms with Gasteiger partial charge in [-0.3, -0.25) is 14.4 Å². The number of ketones is 1. The van der Waals surface area contributed by atoms with Crippen LogP contribution in [0, 0.1) is 13.8 Å². The number of amides is 2. The number of hydrogen-bond donors (Lipinski definition) is 2. The lowest BCUT2D eigenvalue weighted by atomic mass is 9.91. The Balaban J connectivity index is 2.04. The molecule has 160 valence electrons. The van der Waals surface area contributed by atoms with Crippen LogP contribution in [0.25, 0.3) is 0 Å². The number of nitrogens with two attached hydrogens (primary N) is 1. The number of aliphatic hydroxyl groups is 1. The maximum atomic E-state index is 13.5. The normalized spacial score (nSPS) is 18.8. The van der Waals surface area contributed by atoms with Crippen molar-refractivity contribution in [1.82, 2.24) is 4.57 Å². The number of aliphatic hydroxyl groups excluding tert-OH is 1. The van der Waals surface area contributed by atoms with Gasteiger partial charge in [0, 0.05) is 29.5 Å². The number of carbonyl (C=O) groups excluding carboxylic acids is 3. The van der Waals surface area contributed by atoms with Gasteiger partial charge in [0.2, 0.25) is 0 Å². The second kappa shape index (κ2) is 8.62. The molecule has 0 saturated heterocycles. The van der Waals surface area contributed by atoms with Crippen LogP contribution in [0.1, 0.15) is 57.8 Å². The molecule has 0 atom stereocenters. The van der Waals surface area contributed by atoms with E-state index in [4.69, 9.17) is 17.3 Å². The molecule has 1 fully saturated rings. The number of hydrogen-bond acceptors (Lipinski definition) is 4. The van der Waals surface area contributed by atoms with Gasteiger partial charge in [-0.1, -0.05) is 17.7 Å².